The van der Waals surface area contributed by atoms with E-state index in [9.17, 15) is 4.79 Å². The molecule has 3 heteroatoms. The van der Waals surface area contributed by atoms with Crippen LogP contribution >= 0.6 is 0 Å². The minimum atomic E-state index is 0.0929. The van der Waals surface area contributed by atoms with Gasteiger partial charge in [-0.1, -0.05) is 12.2 Å². The largest absolute Gasteiger partial charge is 0.314 e. The number of amidine groups is 1. The van der Waals surface area contributed by atoms with Gasteiger partial charge in [0.25, 0.3) is 0 Å². The van der Waals surface area contributed by atoms with Crippen LogP contribution in [0.15, 0.2) is 17.1 Å². The van der Waals surface area contributed by atoms with Crippen LogP contribution < -0.4 is 5.32 Å². The molecule has 0 saturated carbocycles. The highest BCUT2D eigenvalue weighted by Crippen LogP contribution is 2.15. The third-order valence-corrected chi connectivity index (χ3v) is 1.76. The first-order valence-electron chi connectivity index (χ1n) is 3.37. The highest BCUT2D eigenvalue weighted by Gasteiger charge is 2.26. The standard InChI is InChI=1S/C7H8N2O/c10-6-4-5-2-1-3-8-7(5)9-6/h1-2,5H,3-4H2,(H,8,9,10). The lowest BCUT2D eigenvalue weighted by atomic mass is 10.1. The molecule has 0 aromatic rings. The van der Waals surface area contributed by atoms with Crippen molar-refractivity contribution in [2.45, 2.75) is 6.42 Å². The van der Waals surface area contributed by atoms with E-state index in [-0.39, 0.29) is 11.8 Å². The van der Waals surface area contributed by atoms with Gasteiger partial charge in [-0.3, -0.25) is 9.79 Å². The monoisotopic (exact) mass is 136 g/mol. The predicted octanol–water partition coefficient (Wildman–Crippen LogP) is 0.0908. The summed E-state index contributed by atoms with van der Waals surface area (Å²) >= 11 is 0. The summed E-state index contributed by atoms with van der Waals surface area (Å²) < 4.78 is 0. The van der Waals surface area contributed by atoms with E-state index in [2.05, 4.69) is 10.3 Å². The predicted molar refractivity (Wildman–Crippen MR) is 37.7 cm³/mol. The Hall–Kier alpha value is -1.12. The Morgan fingerprint density at radius 1 is 1.70 bits per heavy atom. The van der Waals surface area contributed by atoms with E-state index in [0.29, 0.717) is 13.0 Å². The molecule has 1 fully saturated rings. The molecule has 1 saturated heterocycles. The molecule has 0 radical (unpaired) electrons. The van der Waals surface area contributed by atoms with E-state index in [4.69, 9.17) is 0 Å². The van der Waals surface area contributed by atoms with Crippen LogP contribution in [0, 0.1) is 5.92 Å². The van der Waals surface area contributed by atoms with Gasteiger partial charge in [0.2, 0.25) is 5.91 Å². The molecule has 2 heterocycles. The van der Waals surface area contributed by atoms with Gasteiger partial charge in [0.15, 0.2) is 0 Å². The van der Waals surface area contributed by atoms with E-state index >= 15 is 0 Å². The molecule has 0 spiro atoms. The third kappa shape index (κ3) is 0.744. The topological polar surface area (TPSA) is 41.5 Å². The maximum atomic E-state index is 10.8. The molecule has 1 atom stereocenters. The molecule has 0 aliphatic carbocycles. The number of nitrogens with one attached hydrogen (secondary N) is 1. The van der Waals surface area contributed by atoms with E-state index in [1.165, 1.54) is 0 Å². The molecule has 2 aliphatic heterocycles. The number of aliphatic imine (C=N–C) groups is 1. The molecule has 0 aromatic heterocycles. The Bertz CT molecular complexity index is 230. The number of rotatable bonds is 0. The van der Waals surface area contributed by atoms with Crippen LogP contribution in [-0.2, 0) is 4.79 Å². The van der Waals surface area contributed by atoms with Gasteiger partial charge in [-0.25, -0.2) is 0 Å². The molecular formula is C7H8N2O. The van der Waals surface area contributed by atoms with Crippen LogP contribution in [0.25, 0.3) is 0 Å². The van der Waals surface area contributed by atoms with Crippen LogP contribution in [0.3, 0.4) is 0 Å². The van der Waals surface area contributed by atoms with Gasteiger partial charge in [-0.15, -0.1) is 0 Å². The van der Waals surface area contributed by atoms with Gasteiger partial charge >= 0.3 is 0 Å². The molecule has 1 amide bonds. The summed E-state index contributed by atoms with van der Waals surface area (Å²) in [6.07, 6.45) is 4.62. The zero-order chi connectivity index (χ0) is 6.97. The molecule has 3 nitrogen and oxygen atoms in total. The second-order valence-electron chi connectivity index (χ2n) is 2.51. The summed E-state index contributed by atoms with van der Waals surface area (Å²) in [6, 6.07) is 0. The van der Waals surface area contributed by atoms with Crippen molar-refractivity contribution in [3.05, 3.63) is 12.2 Å². The number of hydrogen-bond donors (Lipinski definition) is 1. The summed E-state index contributed by atoms with van der Waals surface area (Å²) in [6.45, 7) is 0.714. The summed E-state index contributed by atoms with van der Waals surface area (Å²) in [5.74, 6) is 1.20. The minimum Gasteiger partial charge on any atom is -0.314 e. The van der Waals surface area contributed by atoms with Crippen molar-refractivity contribution in [3.8, 4) is 0 Å². The first-order valence-corrected chi connectivity index (χ1v) is 3.37. The Kier molecular flexibility index (Phi) is 1.09. The van der Waals surface area contributed by atoms with Gasteiger partial charge in [0, 0.05) is 12.3 Å². The Morgan fingerprint density at radius 3 is 3.40 bits per heavy atom. The van der Waals surface area contributed by atoms with Gasteiger partial charge in [0.05, 0.1) is 6.54 Å². The van der Waals surface area contributed by atoms with Crippen molar-refractivity contribution in [2.75, 3.05) is 6.54 Å². The fraction of sp³-hybridized carbons (Fsp3) is 0.429. The normalized spacial score (nSPS) is 29.4. The summed E-state index contributed by atoms with van der Waals surface area (Å²) in [5, 5.41) is 2.72. The molecule has 0 aromatic carbocycles. The Morgan fingerprint density at radius 2 is 2.60 bits per heavy atom. The average molecular weight is 136 g/mol. The smallest absolute Gasteiger partial charge is 0.226 e. The van der Waals surface area contributed by atoms with E-state index in [1.807, 2.05) is 12.2 Å². The maximum Gasteiger partial charge on any atom is 0.226 e. The van der Waals surface area contributed by atoms with Crippen molar-refractivity contribution in [3.63, 3.8) is 0 Å². The lowest BCUT2D eigenvalue weighted by Gasteiger charge is -2.06. The highest BCUT2D eigenvalue weighted by molar-refractivity contribution is 6.07. The van der Waals surface area contributed by atoms with Crippen LogP contribution in [-0.4, -0.2) is 18.3 Å². The average Bonchev–Trinajstić information content (AvgIpc) is 2.27. The number of amides is 1. The second-order valence-corrected chi connectivity index (χ2v) is 2.51. The van der Waals surface area contributed by atoms with Gasteiger partial charge in [-0.05, 0) is 0 Å². The first kappa shape index (κ1) is 5.65. The Balaban J connectivity index is 2.26. The van der Waals surface area contributed by atoms with Gasteiger partial charge < -0.3 is 5.32 Å². The third-order valence-electron chi connectivity index (χ3n) is 1.76. The van der Waals surface area contributed by atoms with E-state index < -0.39 is 0 Å². The highest BCUT2D eigenvalue weighted by atomic mass is 16.2. The molecule has 52 valence electrons. The number of hydrogen-bond acceptors (Lipinski definition) is 2. The second kappa shape index (κ2) is 1.94. The number of dihydropyridines is 1. The minimum absolute atomic E-state index is 0.0929. The number of carbonyl (C=O) groups excluding carboxylic acids is 1. The number of fused-ring (bicyclic) bond motifs is 1. The zero-order valence-corrected chi connectivity index (χ0v) is 5.50. The van der Waals surface area contributed by atoms with Gasteiger partial charge in [0.1, 0.15) is 5.84 Å². The molecule has 10 heavy (non-hydrogen) atoms. The number of nitrogens with zero attached hydrogens (tertiary/aromatic N) is 1. The summed E-state index contributed by atoms with van der Waals surface area (Å²) in [4.78, 5) is 14.9. The van der Waals surface area contributed by atoms with Crippen molar-refractivity contribution < 1.29 is 4.79 Å². The summed E-state index contributed by atoms with van der Waals surface area (Å²) in [7, 11) is 0. The van der Waals surface area contributed by atoms with E-state index in [1.54, 1.807) is 0 Å². The van der Waals surface area contributed by atoms with Crippen molar-refractivity contribution in [1.82, 2.24) is 5.32 Å². The molecular weight excluding hydrogens is 128 g/mol. The van der Waals surface area contributed by atoms with Gasteiger partial charge in [-0.2, -0.15) is 0 Å². The zero-order valence-electron chi connectivity index (χ0n) is 5.50. The molecule has 2 rings (SSSR count). The number of carbonyl (C=O) groups is 1. The van der Waals surface area contributed by atoms with Crippen molar-refractivity contribution >= 4 is 11.7 Å². The molecule has 1 unspecified atom stereocenters. The van der Waals surface area contributed by atoms with Crippen LogP contribution in [0.4, 0.5) is 0 Å². The van der Waals surface area contributed by atoms with Crippen molar-refractivity contribution in [1.29, 1.82) is 0 Å². The van der Waals surface area contributed by atoms with Crippen LogP contribution in [0.5, 0.6) is 0 Å². The lowest BCUT2D eigenvalue weighted by molar-refractivity contribution is -0.118. The fourth-order valence-electron chi connectivity index (χ4n) is 1.28. The summed E-state index contributed by atoms with van der Waals surface area (Å²) in [5.41, 5.74) is 0. The quantitative estimate of drug-likeness (QED) is 0.471. The van der Waals surface area contributed by atoms with E-state index in [0.717, 1.165) is 5.84 Å². The molecule has 1 N–H and O–H groups in total. The fourth-order valence-corrected chi connectivity index (χ4v) is 1.28. The van der Waals surface area contributed by atoms with Crippen LogP contribution in [0.1, 0.15) is 6.42 Å². The molecule has 2 aliphatic rings. The lowest BCUT2D eigenvalue weighted by Crippen LogP contribution is -2.23. The van der Waals surface area contributed by atoms with Crippen molar-refractivity contribution in [2.24, 2.45) is 10.9 Å². The molecule has 0 bridgehead atoms. The maximum absolute atomic E-state index is 10.8. The van der Waals surface area contributed by atoms with Crippen LogP contribution in [0.2, 0.25) is 0 Å². The first-order chi connectivity index (χ1) is 4.86. The SMILES string of the molecule is O=C1CC2C=CCN=C2N1. The Labute approximate surface area is 58.8 Å².